The molecule has 0 radical (unpaired) electrons. The number of hydrogen-bond donors (Lipinski definition) is 4. The quantitative estimate of drug-likeness (QED) is 0.0687. The van der Waals surface area contributed by atoms with E-state index in [4.69, 9.17) is 9.72 Å². The monoisotopic (exact) mass is 897 g/mol. The Morgan fingerprint density at radius 2 is 1.79 bits per heavy atom. The van der Waals surface area contributed by atoms with Crippen molar-refractivity contribution in [3.05, 3.63) is 111 Å². The van der Waals surface area contributed by atoms with E-state index < -0.39 is 11.9 Å². The molecule has 4 N–H and O–H groups in total. The smallest absolute Gasteiger partial charge is 0.255 e. The summed E-state index contributed by atoms with van der Waals surface area (Å²) in [6, 6.07) is 16.9. The van der Waals surface area contributed by atoms with Gasteiger partial charge in [-0.05, 0) is 99.7 Å². The van der Waals surface area contributed by atoms with Crippen molar-refractivity contribution < 1.29 is 28.7 Å². The van der Waals surface area contributed by atoms with Crippen LogP contribution in [0.15, 0.2) is 71.8 Å². The first kappa shape index (κ1) is 45.7. The Balaban J connectivity index is 0.802. The highest BCUT2D eigenvalue weighted by molar-refractivity contribution is 6.08. The molecular weight excluding hydrogens is 839 g/mol. The first-order valence-electron chi connectivity index (χ1n) is 23.1. The third-order valence-electron chi connectivity index (χ3n) is 12.8. The van der Waals surface area contributed by atoms with E-state index in [1.54, 1.807) is 6.07 Å². The number of H-pyrrole nitrogens is 1. The Morgan fingerprint density at radius 3 is 2.53 bits per heavy atom. The van der Waals surface area contributed by atoms with Gasteiger partial charge in [-0.15, -0.1) is 0 Å². The number of anilines is 2. The molecule has 3 aromatic heterocycles. The number of rotatable bonds is 17. The normalized spacial score (nSPS) is 16.3. The highest BCUT2D eigenvalue weighted by atomic mass is 16.5. The Bertz CT molecular complexity index is 2700. The van der Waals surface area contributed by atoms with E-state index in [1.807, 2.05) is 66.7 Å². The topological polar surface area (TPSA) is 191 Å². The van der Waals surface area contributed by atoms with Crippen LogP contribution in [0.5, 0.6) is 0 Å². The van der Waals surface area contributed by atoms with E-state index in [1.165, 1.54) is 4.90 Å². The van der Waals surface area contributed by atoms with Crippen molar-refractivity contribution in [2.45, 2.75) is 91.4 Å². The van der Waals surface area contributed by atoms with Gasteiger partial charge in [-0.3, -0.25) is 34.1 Å². The molecule has 2 aromatic carbocycles. The molecule has 346 valence electrons. The lowest BCUT2D eigenvalue weighted by Crippen LogP contribution is -2.52. The molecule has 0 saturated carbocycles. The van der Waals surface area contributed by atoms with Gasteiger partial charge in [-0.25, -0.2) is 4.98 Å². The molecule has 0 aliphatic carbocycles. The summed E-state index contributed by atoms with van der Waals surface area (Å²) in [5.74, 6) is -0.295. The van der Waals surface area contributed by atoms with E-state index >= 15 is 0 Å². The number of benzene rings is 2. The average Bonchev–Trinajstić information content (AvgIpc) is 3.89. The number of hydrogen-bond acceptors (Lipinski definition) is 10. The van der Waals surface area contributed by atoms with Crippen LogP contribution in [-0.2, 0) is 38.6 Å². The summed E-state index contributed by atoms with van der Waals surface area (Å²) in [5.41, 5.74) is 7.54. The van der Waals surface area contributed by atoms with E-state index in [2.05, 4.69) is 57.2 Å². The number of carbonyl (C=O) groups excluding carboxylic acids is 5. The molecule has 3 aliphatic rings. The average molecular weight is 898 g/mol. The first-order chi connectivity index (χ1) is 31.9. The maximum absolute atomic E-state index is 13.9. The fourth-order valence-electron chi connectivity index (χ4n) is 9.33. The Labute approximate surface area is 384 Å². The highest BCUT2D eigenvalue weighted by Gasteiger charge is 2.40. The number of pyridine rings is 2. The van der Waals surface area contributed by atoms with Gasteiger partial charge in [0, 0.05) is 134 Å². The number of imide groups is 1. The number of nitrogens with zero attached hydrogens (tertiary/aromatic N) is 5. The van der Waals surface area contributed by atoms with Crippen LogP contribution < -0.4 is 26.4 Å². The zero-order valence-corrected chi connectivity index (χ0v) is 38.2. The van der Waals surface area contributed by atoms with Crippen LogP contribution in [0.2, 0.25) is 0 Å². The number of aryl methyl sites for hydroxylation is 2. The maximum atomic E-state index is 13.9. The zero-order valence-electron chi connectivity index (χ0n) is 38.2. The van der Waals surface area contributed by atoms with Crippen molar-refractivity contribution in [3.63, 3.8) is 0 Å². The van der Waals surface area contributed by atoms with Gasteiger partial charge >= 0.3 is 0 Å². The molecule has 2 fully saturated rings. The van der Waals surface area contributed by atoms with Crippen LogP contribution in [-0.4, -0.2) is 106 Å². The molecule has 16 nitrogen and oxygen atoms in total. The highest BCUT2D eigenvalue weighted by Crippen LogP contribution is 2.33. The Hall–Kier alpha value is -6.81. The lowest BCUT2D eigenvalue weighted by atomic mass is 10.00. The van der Waals surface area contributed by atoms with Gasteiger partial charge in [0.2, 0.25) is 17.7 Å². The maximum Gasteiger partial charge on any atom is 0.255 e. The minimum atomic E-state index is -0.665. The third-order valence-corrected chi connectivity index (χ3v) is 12.8. The predicted octanol–water partition coefficient (Wildman–Crippen LogP) is 5.48. The van der Waals surface area contributed by atoms with E-state index in [-0.39, 0.29) is 48.2 Å². The summed E-state index contributed by atoms with van der Waals surface area (Å²) in [5, 5.41) is 9.57. The molecule has 0 bridgehead atoms. The van der Waals surface area contributed by atoms with Crippen molar-refractivity contribution in [3.8, 4) is 11.1 Å². The van der Waals surface area contributed by atoms with Crippen LogP contribution in [0.1, 0.15) is 102 Å². The number of amides is 5. The second-order valence-electron chi connectivity index (χ2n) is 17.6. The van der Waals surface area contributed by atoms with Crippen LogP contribution >= 0.6 is 0 Å². The van der Waals surface area contributed by atoms with E-state index in [0.717, 1.165) is 63.2 Å². The van der Waals surface area contributed by atoms with Crippen molar-refractivity contribution in [1.29, 1.82) is 0 Å². The number of aromatic amines is 1. The lowest BCUT2D eigenvalue weighted by Gasteiger charge is -2.35. The molecule has 6 heterocycles. The summed E-state index contributed by atoms with van der Waals surface area (Å²) in [7, 11) is 0. The first-order valence-corrected chi connectivity index (χ1v) is 23.1. The summed E-state index contributed by atoms with van der Waals surface area (Å²) < 4.78 is 7.99. The molecule has 1 atom stereocenters. The summed E-state index contributed by atoms with van der Waals surface area (Å²) >= 11 is 0. The SMILES string of the molecule is CCCc1cc(C)[nH]c(=O)c1CNC(=O)c1cc(-c2ccc(N3CCN(C(=O)CCCOCCNc4cccc5c4CN(C4CCC(=O)NC4=O)C5=O)CC3)nc2)cc2c1ccn2C(C)C. The number of piperidine rings is 1. The molecule has 3 aliphatic heterocycles. The molecule has 8 rings (SSSR count). The largest absolute Gasteiger partial charge is 0.382 e. The summed E-state index contributed by atoms with van der Waals surface area (Å²) in [6.07, 6.45) is 6.99. The van der Waals surface area contributed by atoms with Gasteiger partial charge in [0.05, 0.1) is 6.61 Å². The van der Waals surface area contributed by atoms with Crippen LogP contribution in [0.3, 0.4) is 0 Å². The number of fused-ring (bicyclic) bond motifs is 2. The Kier molecular flexibility index (Phi) is 14.0. The summed E-state index contributed by atoms with van der Waals surface area (Å²) in [4.78, 5) is 90.5. The molecule has 16 heteroatoms. The second-order valence-corrected chi connectivity index (χ2v) is 17.6. The van der Waals surface area contributed by atoms with Gasteiger partial charge in [0.1, 0.15) is 11.9 Å². The van der Waals surface area contributed by atoms with Gasteiger partial charge < -0.3 is 39.6 Å². The second kappa shape index (κ2) is 20.1. The van der Waals surface area contributed by atoms with Crippen molar-refractivity contribution in [1.82, 2.24) is 35.0 Å². The summed E-state index contributed by atoms with van der Waals surface area (Å²) in [6.45, 7) is 12.4. The third kappa shape index (κ3) is 9.88. The fraction of sp³-hybridized carbons (Fsp3) is 0.420. The molecule has 0 spiro atoms. The van der Waals surface area contributed by atoms with Gasteiger partial charge in [-0.1, -0.05) is 19.4 Å². The van der Waals surface area contributed by atoms with Crippen LogP contribution in [0, 0.1) is 6.92 Å². The van der Waals surface area contributed by atoms with Crippen molar-refractivity contribution in [2.75, 3.05) is 56.2 Å². The molecule has 5 aromatic rings. The minimum Gasteiger partial charge on any atom is -0.382 e. The zero-order chi connectivity index (χ0) is 46.5. The molecular formula is C50H59N9O7. The number of carbonyl (C=O) groups is 5. The lowest BCUT2D eigenvalue weighted by molar-refractivity contribution is -0.137. The minimum absolute atomic E-state index is 0.0956. The van der Waals surface area contributed by atoms with E-state index in [9.17, 15) is 28.8 Å². The standard InChI is InChI=1S/C50H59N9O7/c1-5-8-33-25-32(4)54-48(63)39(33)29-53-47(62)38-26-35(27-43-36(38)16-18-58(43)31(2)3)34-12-14-44(52-28-34)56-19-21-57(22-20-56)46(61)11-7-23-66-24-17-51-41-10-6-9-37-40(41)30-59(50(37)65)42-13-15-45(60)55-49(42)64/h6,9-10,12,14,16,18,25-28,31,42,51H,5,7-8,11,13,15,17,19-24,29-30H2,1-4H3,(H,53,62)(H,54,63)(H,55,60,64). The van der Waals surface area contributed by atoms with Crippen LogP contribution in [0.25, 0.3) is 22.0 Å². The van der Waals surface area contributed by atoms with Crippen molar-refractivity contribution >= 4 is 51.9 Å². The van der Waals surface area contributed by atoms with Crippen molar-refractivity contribution in [2.24, 2.45) is 0 Å². The molecule has 66 heavy (non-hydrogen) atoms. The number of aromatic nitrogens is 3. The molecule has 1 unspecified atom stereocenters. The van der Waals surface area contributed by atoms with Gasteiger partial charge in [0.25, 0.3) is 17.4 Å². The number of ether oxygens (including phenoxy) is 1. The molecule has 2 saturated heterocycles. The van der Waals surface area contributed by atoms with Gasteiger partial charge in [-0.2, -0.15) is 0 Å². The fourth-order valence-corrected chi connectivity index (χ4v) is 9.33. The number of piperazine rings is 1. The Morgan fingerprint density at radius 1 is 0.970 bits per heavy atom. The predicted molar refractivity (Wildman–Crippen MR) is 252 cm³/mol. The van der Waals surface area contributed by atoms with Gasteiger partial charge in [0.15, 0.2) is 0 Å². The van der Waals surface area contributed by atoms with E-state index in [0.29, 0.717) is 88.4 Å². The number of nitrogens with one attached hydrogen (secondary N) is 4. The van der Waals surface area contributed by atoms with Crippen LogP contribution in [0.4, 0.5) is 11.5 Å². The molecule has 5 amide bonds.